The van der Waals surface area contributed by atoms with Crippen LogP contribution in [0, 0.1) is 0 Å². The van der Waals surface area contributed by atoms with Crippen LogP contribution in [-0.2, 0) is 22.5 Å². The summed E-state index contributed by atoms with van der Waals surface area (Å²) in [6, 6.07) is 1.93. The average Bonchev–Trinajstić information content (AvgIpc) is 3.01. The minimum Gasteiger partial charge on any atom is -0.385 e. The van der Waals surface area contributed by atoms with E-state index in [4.69, 9.17) is 4.74 Å². The number of hydrogen-bond acceptors (Lipinski definition) is 6. The van der Waals surface area contributed by atoms with Crippen molar-refractivity contribution in [3.8, 4) is 0 Å². The smallest absolute Gasteiger partial charge is 0.262 e. The summed E-state index contributed by atoms with van der Waals surface area (Å²) >= 11 is 2.87. The quantitative estimate of drug-likeness (QED) is 0.409. The highest BCUT2D eigenvalue weighted by atomic mass is 32.2. The third-order valence-electron chi connectivity index (χ3n) is 3.75. The van der Waals surface area contributed by atoms with Gasteiger partial charge in [-0.2, -0.15) is 0 Å². The maximum atomic E-state index is 12.9. The lowest BCUT2D eigenvalue weighted by Gasteiger charge is -2.15. The Labute approximate surface area is 156 Å². The van der Waals surface area contributed by atoms with Crippen molar-refractivity contribution in [1.29, 1.82) is 0 Å². The molecule has 2 aromatic rings. The number of amides is 1. The molecule has 0 saturated heterocycles. The molecular formula is C17H25N3O3S2. The molecule has 0 unspecified atom stereocenters. The van der Waals surface area contributed by atoms with Crippen LogP contribution in [0.25, 0.3) is 10.2 Å². The van der Waals surface area contributed by atoms with Crippen LogP contribution < -0.4 is 10.9 Å². The number of carbonyl (C=O) groups excluding carboxylic acids is 1. The zero-order chi connectivity index (χ0) is 18.4. The summed E-state index contributed by atoms with van der Waals surface area (Å²) < 4.78 is 6.77. The Bertz CT molecular complexity index is 785. The first-order chi connectivity index (χ1) is 12.0. The number of aromatic nitrogens is 2. The van der Waals surface area contributed by atoms with Crippen LogP contribution in [-0.4, -0.2) is 41.0 Å². The van der Waals surface area contributed by atoms with E-state index in [0.29, 0.717) is 30.2 Å². The van der Waals surface area contributed by atoms with Crippen LogP contribution >= 0.6 is 23.1 Å². The molecule has 0 aromatic carbocycles. The molecule has 138 valence electrons. The number of nitrogens with one attached hydrogen (secondary N) is 1. The molecule has 0 spiro atoms. The topological polar surface area (TPSA) is 73.2 Å². The highest BCUT2D eigenvalue weighted by Gasteiger charge is 2.20. The van der Waals surface area contributed by atoms with Gasteiger partial charge in [-0.05, 0) is 32.8 Å². The molecule has 8 heteroatoms. The minimum atomic E-state index is -0.316. The largest absolute Gasteiger partial charge is 0.385 e. The molecule has 0 radical (unpaired) electrons. The molecule has 1 amide bonds. The first-order valence-corrected chi connectivity index (χ1v) is 10.2. The number of carbonyl (C=O) groups is 1. The molecule has 0 fully saturated rings. The third-order valence-corrected chi connectivity index (χ3v) is 6.01. The first kappa shape index (κ1) is 19.9. The van der Waals surface area contributed by atoms with Crippen molar-refractivity contribution in [3.63, 3.8) is 0 Å². The lowest BCUT2D eigenvalue weighted by molar-refractivity contribution is -0.120. The van der Waals surface area contributed by atoms with Gasteiger partial charge in [0, 0.05) is 31.7 Å². The van der Waals surface area contributed by atoms with Crippen LogP contribution in [0.15, 0.2) is 16.0 Å². The van der Waals surface area contributed by atoms with Crippen LogP contribution in [0.1, 0.15) is 32.1 Å². The van der Waals surface area contributed by atoms with Crippen molar-refractivity contribution < 1.29 is 9.53 Å². The summed E-state index contributed by atoms with van der Waals surface area (Å²) in [5.41, 5.74) is -0.0392. The fourth-order valence-corrected chi connectivity index (χ4v) is 4.37. The molecule has 2 rings (SSSR count). The Balaban J connectivity index is 2.41. The van der Waals surface area contributed by atoms with Crippen molar-refractivity contribution >= 4 is 39.2 Å². The van der Waals surface area contributed by atoms with E-state index in [1.54, 1.807) is 23.0 Å². The Morgan fingerprint density at radius 3 is 2.88 bits per heavy atom. The third kappa shape index (κ3) is 4.83. The van der Waals surface area contributed by atoms with E-state index >= 15 is 0 Å². The minimum absolute atomic E-state index is 0.0392. The Kier molecular flexibility index (Phi) is 7.46. The highest BCUT2D eigenvalue weighted by Crippen LogP contribution is 2.27. The highest BCUT2D eigenvalue weighted by molar-refractivity contribution is 8.00. The number of rotatable bonds is 9. The molecule has 0 aliphatic heterocycles. The van der Waals surface area contributed by atoms with E-state index in [1.165, 1.54) is 11.8 Å². The molecule has 2 heterocycles. The van der Waals surface area contributed by atoms with E-state index in [1.807, 2.05) is 19.9 Å². The molecule has 1 atom stereocenters. The zero-order valence-corrected chi connectivity index (χ0v) is 16.8. The van der Waals surface area contributed by atoms with Crippen molar-refractivity contribution in [3.05, 3.63) is 21.3 Å². The molecule has 1 N–H and O–H groups in total. The predicted molar refractivity (Wildman–Crippen MR) is 104 cm³/mol. The maximum absolute atomic E-state index is 12.9. The molecule has 0 saturated carbocycles. The van der Waals surface area contributed by atoms with Crippen molar-refractivity contribution in [2.24, 2.45) is 0 Å². The Hall–Kier alpha value is -1.38. The van der Waals surface area contributed by atoms with Crippen LogP contribution in [0.5, 0.6) is 0 Å². The SMILES string of the molecule is CCNC(=O)[C@H](C)Sc1nc2sc(CC)cc2c(=O)n1CCCOC. The molecule has 6 nitrogen and oxygen atoms in total. The van der Waals surface area contributed by atoms with Gasteiger partial charge in [0.25, 0.3) is 5.56 Å². The van der Waals surface area contributed by atoms with E-state index in [0.717, 1.165) is 22.5 Å². The number of hydrogen-bond donors (Lipinski definition) is 1. The summed E-state index contributed by atoms with van der Waals surface area (Å²) in [5.74, 6) is -0.0503. The second-order valence-electron chi connectivity index (χ2n) is 5.64. The van der Waals surface area contributed by atoms with Crippen molar-refractivity contribution in [2.75, 3.05) is 20.3 Å². The molecule has 0 bridgehead atoms. The fraction of sp³-hybridized carbons (Fsp3) is 0.588. The number of ether oxygens (including phenoxy) is 1. The van der Waals surface area contributed by atoms with Gasteiger partial charge in [-0.25, -0.2) is 4.98 Å². The second-order valence-corrected chi connectivity index (χ2v) is 8.06. The summed E-state index contributed by atoms with van der Waals surface area (Å²) in [5, 5.41) is 3.75. The van der Waals surface area contributed by atoms with Gasteiger partial charge in [0.05, 0.1) is 10.6 Å². The van der Waals surface area contributed by atoms with Gasteiger partial charge in [0.15, 0.2) is 5.16 Å². The number of fused-ring (bicyclic) bond motifs is 1. The first-order valence-electron chi connectivity index (χ1n) is 8.48. The normalized spacial score (nSPS) is 12.5. The maximum Gasteiger partial charge on any atom is 0.262 e. The predicted octanol–water partition coefficient (Wildman–Crippen LogP) is 2.67. The standard InChI is InChI=1S/C17H25N3O3S2/c1-5-12-10-13-15(25-12)19-17(24-11(3)14(21)18-6-2)20(16(13)22)8-7-9-23-4/h10-11H,5-9H2,1-4H3,(H,18,21)/t11-/m0/s1. The molecule has 2 aromatic heterocycles. The van der Waals surface area contributed by atoms with Gasteiger partial charge in [-0.1, -0.05) is 18.7 Å². The summed E-state index contributed by atoms with van der Waals surface area (Å²) in [7, 11) is 1.64. The van der Waals surface area contributed by atoms with Crippen molar-refractivity contribution in [2.45, 2.75) is 50.6 Å². The molecule has 25 heavy (non-hydrogen) atoms. The van der Waals surface area contributed by atoms with Crippen LogP contribution in [0.3, 0.4) is 0 Å². The Morgan fingerprint density at radius 1 is 1.48 bits per heavy atom. The number of aryl methyl sites for hydroxylation is 1. The summed E-state index contributed by atoms with van der Waals surface area (Å²) in [6.45, 7) is 7.47. The van der Waals surface area contributed by atoms with Gasteiger partial charge in [-0.15, -0.1) is 11.3 Å². The van der Waals surface area contributed by atoms with Gasteiger partial charge >= 0.3 is 0 Å². The summed E-state index contributed by atoms with van der Waals surface area (Å²) in [6.07, 6.45) is 1.60. The number of nitrogens with zero attached hydrogens (tertiary/aromatic N) is 2. The summed E-state index contributed by atoms with van der Waals surface area (Å²) in [4.78, 5) is 31.6. The lowest BCUT2D eigenvalue weighted by atomic mass is 10.3. The van der Waals surface area contributed by atoms with E-state index in [-0.39, 0.29) is 16.7 Å². The number of thiophene rings is 1. The van der Waals surface area contributed by atoms with Crippen LogP contribution in [0.4, 0.5) is 0 Å². The van der Waals surface area contributed by atoms with Gasteiger partial charge < -0.3 is 10.1 Å². The number of methoxy groups -OCH3 is 1. The van der Waals surface area contributed by atoms with E-state index in [9.17, 15) is 9.59 Å². The fourth-order valence-electron chi connectivity index (χ4n) is 2.41. The Morgan fingerprint density at radius 2 is 2.24 bits per heavy atom. The lowest BCUT2D eigenvalue weighted by Crippen LogP contribution is -2.31. The van der Waals surface area contributed by atoms with Gasteiger partial charge in [0.1, 0.15) is 4.83 Å². The van der Waals surface area contributed by atoms with Gasteiger partial charge in [0.2, 0.25) is 5.91 Å². The molecular weight excluding hydrogens is 358 g/mol. The number of thioether (sulfide) groups is 1. The average molecular weight is 384 g/mol. The van der Waals surface area contributed by atoms with E-state index < -0.39 is 0 Å². The van der Waals surface area contributed by atoms with Crippen molar-refractivity contribution in [1.82, 2.24) is 14.9 Å². The van der Waals surface area contributed by atoms with Gasteiger partial charge in [-0.3, -0.25) is 14.2 Å². The van der Waals surface area contributed by atoms with E-state index in [2.05, 4.69) is 17.2 Å². The molecule has 0 aliphatic rings. The molecule has 0 aliphatic carbocycles. The van der Waals surface area contributed by atoms with Crippen LogP contribution in [0.2, 0.25) is 0 Å². The zero-order valence-electron chi connectivity index (χ0n) is 15.1. The monoisotopic (exact) mass is 383 g/mol. The second kappa shape index (κ2) is 9.35.